The molecular formula is C4H8N3NaO4S. The van der Waals surface area contributed by atoms with Crippen molar-refractivity contribution in [2.75, 3.05) is 7.11 Å². The Hall–Kier alpha value is 0.180. The van der Waals surface area contributed by atoms with E-state index in [0.29, 0.717) is 0 Å². The van der Waals surface area contributed by atoms with Crippen molar-refractivity contribution in [3.05, 3.63) is 10.4 Å². The molecule has 7 nitrogen and oxygen atoms in total. The van der Waals surface area contributed by atoms with Crippen LogP contribution in [0.25, 0.3) is 10.4 Å². The Kier molecular flexibility index (Phi) is 7.95. The van der Waals surface area contributed by atoms with Crippen LogP contribution in [-0.2, 0) is 14.9 Å². The van der Waals surface area contributed by atoms with Crippen molar-refractivity contribution in [1.29, 1.82) is 0 Å². The molecule has 0 aliphatic heterocycles. The zero-order valence-electron chi connectivity index (χ0n) is 7.54. The molecule has 0 amide bonds. The molecule has 0 heterocycles. The van der Waals surface area contributed by atoms with Gasteiger partial charge in [0.2, 0.25) is 0 Å². The molecule has 0 radical (unpaired) electrons. The molecule has 0 aliphatic carbocycles. The van der Waals surface area contributed by atoms with Crippen LogP contribution >= 0.6 is 0 Å². The normalized spacial score (nSPS) is 15.0. The van der Waals surface area contributed by atoms with Crippen LogP contribution in [0, 0.1) is 0 Å². The Morgan fingerprint density at radius 3 is 2.31 bits per heavy atom. The number of azide groups is 1. The van der Waals surface area contributed by atoms with Crippen LogP contribution < -0.4 is 29.6 Å². The predicted molar refractivity (Wildman–Crippen MR) is 39.1 cm³/mol. The molecule has 70 valence electrons. The maximum absolute atomic E-state index is 10.4. The first-order valence-electron chi connectivity index (χ1n) is 2.95. The van der Waals surface area contributed by atoms with E-state index in [-0.39, 0.29) is 29.6 Å². The Labute approximate surface area is 98.1 Å². The van der Waals surface area contributed by atoms with Crippen LogP contribution in [0.15, 0.2) is 5.11 Å². The molecule has 0 saturated carbocycles. The third-order valence-corrected chi connectivity index (χ3v) is 2.41. The fourth-order valence-corrected chi connectivity index (χ4v) is 0.977. The molecule has 0 unspecified atom stereocenters. The number of ether oxygens (including phenoxy) is 1. The number of hydrogen-bond donors (Lipinski definition) is 0. The van der Waals surface area contributed by atoms with E-state index in [9.17, 15) is 13.0 Å². The van der Waals surface area contributed by atoms with Crippen molar-refractivity contribution < 1.29 is 47.3 Å². The standard InChI is InChI=1S/C4H9N3O4S.Na/c1-3(12(8,9)10)4(11-2)6-7-5;/h3-4H,1-2H3,(H,8,9,10);/q;+1/p-1/t3-,4+;/m0./s1. The molecule has 0 spiro atoms. The molecule has 13 heavy (non-hydrogen) atoms. The molecule has 0 aromatic carbocycles. The van der Waals surface area contributed by atoms with Crippen molar-refractivity contribution >= 4 is 10.1 Å². The van der Waals surface area contributed by atoms with Crippen LogP contribution in [0.3, 0.4) is 0 Å². The Balaban J connectivity index is 0. The van der Waals surface area contributed by atoms with Gasteiger partial charge in [0.05, 0.1) is 15.4 Å². The van der Waals surface area contributed by atoms with Crippen molar-refractivity contribution in [3.8, 4) is 0 Å². The average Bonchev–Trinajstić information content (AvgIpc) is 1.97. The van der Waals surface area contributed by atoms with Gasteiger partial charge in [0, 0.05) is 12.0 Å². The van der Waals surface area contributed by atoms with E-state index >= 15 is 0 Å². The number of nitrogens with zero attached hydrogens (tertiary/aromatic N) is 3. The fourth-order valence-electron chi connectivity index (χ4n) is 0.526. The molecule has 9 heteroatoms. The summed E-state index contributed by atoms with van der Waals surface area (Å²) in [6, 6.07) is 0. The molecule has 0 rings (SSSR count). The number of rotatable bonds is 4. The molecule has 0 aromatic heterocycles. The van der Waals surface area contributed by atoms with Crippen LogP contribution in [0.2, 0.25) is 0 Å². The second-order valence-corrected chi connectivity index (χ2v) is 3.76. The second kappa shape index (κ2) is 6.61. The molecular weight excluding hydrogens is 209 g/mol. The first-order valence-corrected chi connectivity index (χ1v) is 4.42. The van der Waals surface area contributed by atoms with Gasteiger partial charge < -0.3 is 9.29 Å². The summed E-state index contributed by atoms with van der Waals surface area (Å²) < 4.78 is 35.6. The second-order valence-electron chi connectivity index (χ2n) is 2.03. The Morgan fingerprint density at radius 1 is 1.62 bits per heavy atom. The van der Waals surface area contributed by atoms with E-state index < -0.39 is 21.6 Å². The zero-order chi connectivity index (χ0) is 9.78. The van der Waals surface area contributed by atoms with Crippen LogP contribution in [0.1, 0.15) is 6.92 Å². The number of hydrogen-bond acceptors (Lipinski definition) is 5. The first-order chi connectivity index (χ1) is 5.43. The summed E-state index contributed by atoms with van der Waals surface area (Å²) in [4.78, 5) is 2.34. The minimum atomic E-state index is -4.48. The first kappa shape index (κ1) is 15.6. The maximum Gasteiger partial charge on any atom is 1.00 e. The van der Waals surface area contributed by atoms with E-state index in [0.717, 1.165) is 14.0 Å². The summed E-state index contributed by atoms with van der Waals surface area (Å²) in [5.74, 6) is 0. The van der Waals surface area contributed by atoms with Gasteiger partial charge in [-0.25, -0.2) is 8.42 Å². The summed E-state index contributed by atoms with van der Waals surface area (Å²) in [5, 5.41) is 1.61. The number of methoxy groups -OCH3 is 1. The van der Waals surface area contributed by atoms with Crippen molar-refractivity contribution in [2.24, 2.45) is 5.11 Å². The summed E-state index contributed by atoms with van der Waals surface area (Å²) in [6.07, 6.45) is -1.27. The van der Waals surface area contributed by atoms with E-state index in [1.807, 2.05) is 0 Å². The van der Waals surface area contributed by atoms with Gasteiger partial charge in [0.1, 0.15) is 0 Å². The summed E-state index contributed by atoms with van der Waals surface area (Å²) in [6.45, 7) is 1.12. The van der Waals surface area contributed by atoms with Crippen LogP contribution in [0.4, 0.5) is 0 Å². The van der Waals surface area contributed by atoms with E-state index in [4.69, 9.17) is 5.53 Å². The minimum absolute atomic E-state index is 0. The van der Waals surface area contributed by atoms with Gasteiger partial charge in [-0.1, -0.05) is 5.11 Å². The minimum Gasteiger partial charge on any atom is -0.748 e. The monoisotopic (exact) mass is 217 g/mol. The van der Waals surface area contributed by atoms with Crippen molar-refractivity contribution in [1.82, 2.24) is 0 Å². The Morgan fingerprint density at radius 2 is 2.08 bits per heavy atom. The van der Waals surface area contributed by atoms with Gasteiger partial charge >= 0.3 is 29.6 Å². The van der Waals surface area contributed by atoms with Crippen molar-refractivity contribution in [3.63, 3.8) is 0 Å². The Bertz CT molecular complexity index is 286. The summed E-state index contributed by atoms with van der Waals surface area (Å²) in [7, 11) is -3.32. The summed E-state index contributed by atoms with van der Waals surface area (Å²) in [5.41, 5.74) is 7.96. The fraction of sp³-hybridized carbons (Fsp3) is 1.00. The zero-order valence-corrected chi connectivity index (χ0v) is 10.4. The van der Waals surface area contributed by atoms with E-state index in [2.05, 4.69) is 14.8 Å². The maximum atomic E-state index is 10.4. The topological polar surface area (TPSA) is 115 Å². The van der Waals surface area contributed by atoms with Gasteiger partial charge in [-0.05, 0) is 12.5 Å². The predicted octanol–water partition coefficient (Wildman–Crippen LogP) is -2.79. The average molecular weight is 217 g/mol. The van der Waals surface area contributed by atoms with Crippen molar-refractivity contribution in [2.45, 2.75) is 18.4 Å². The molecule has 0 saturated heterocycles. The largest absolute Gasteiger partial charge is 1.00 e. The van der Waals surface area contributed by atoms with Crippen LogP contribution in [0.5, 0.6) is 0 Å². The van der Waals surface area contributed by atoms with E-state index in [1.54, 1.807) is 0 Å². The van der Waals surface area contributed by atoms with Gasteiger partial charge in [0.25, 0.3) is 0 Å². The molecule has 2 atom stereocenters. The quantitative estimate of drug-likeness (QED) is 0.166. The SMILES string of the molecule is CO[C@@H](N=[N+]=[N-])[C@H](C)S(=O)(=O)[O-].[Na+]. The van der Waals surface area contributed by atoms with E-state index in [1.165, 1.54) is 0 Å². The molecule has 0 N–H and O–H groups in total. The van der Waals surface area contributed by atoms with Gasteiger partial charge in [-0.15, -0.1) is 0 Å². The summed E-state index contributed by atoms with van der Waals surface area (Å²) >= 11 is 0. The molecule has 0 bridgehead atoms. The molecule has 0 aliphatic rings. The smallest absolute Gasteiger partial charge is 0.748 e. The molecule has 0 fully saturated rings. The molecule has 0 aromatic rings. The van der Waals surface area contributed by atoms with Gasteiger partial charge in [-0.2, -0.15) is 0 Å². The van der Waals surface area contributed by atoms with Crippen LogP contribution in [-0.4, -0.2) is 31.6 Å². The third-order valence-electron chi connectivity index (χ3n) is 1.26. The van der Waals surface area contributed by atoms with Gasteiger partial charge in [0.15, 0.2) is 6.23 Å². The third kappa shape index (κ3) is 5.48. The van der Waals surface area contributed by atoms with Gasteiger partial charge in [-0.3, -0.25) is 0 Å².